The van der Waals surface area contributed by atoms with Crippen LogP contribution in [-0.4, -0.2) is 35.4 Å². The van der Waals surface area contributed by atoms with Crippen LogP contribution in [-0.2, 0) is 7.05 Å². The fraction of sp³-hybridized carbons (Fsp3) is 0.0870. The molecule has 5 rings (SSSR count). The van der Waals surface area contributed by atoms with Crippen molar-refractivity contribution < 1.29 is 4.79 Å². The molecule has 4 aromatic heterocycles. The maximum atomic E-state index is 13.3. The van der Waals surface area contributed by atoms with Crippen molar-refractivity contribution in [2.45, 2.75) is 6.92 Å². The Balaban J connectivity index is 1.53. The number of anilines is 1. The minimum absolute atomic E-state index is 0.241. The van der Waals surface area contributed by atoms with Gasteiger partial charge in [-0.3, -0.25) is 9.48 Å². The second-order valence-corrected chi connectivity index (χ2v) is 7.14. The minimum atomic E-state index is -0.241. The van der Waals surface area contributed by atoms with Gasteiger partial charge < -0.3 is 5.32 Å². The van der Waals surface area contributed by atoms with Gasteiger partial charge >= 0.3 is 0 Å². The smallest absolute Gasteiger partial charge is 0.256 e. The summed E-state index contributed by atoms with van der Waals surface area (Å²) < 4.78 is 3.36. The van der Waals surface area contributed by atoms with Crippen LogP contribution in [0.4, 0.5) is 5.69 Å². The first-order valence-corrected chi connectivity index (χ1v) is 9.77. The summed E-state index contributed by atoms with van der Waals surface area (Å²) in [4.78, 5) is 22.4. The first kappa shape index (κ1) is 18.7. The van der Waals surface area contributed by atoms with Crippen molar-refractivity contribution in [3.8, 4) is 17.1 Å². The molecule has 0 radical (unpaired) electrons. The number of fused-ring (bicyclic) bond motifs is 1. The topological polar surface area (TPSA) is 90.5 Å². The maximum absolute atomic E-state index is 13.3. The fourth-order valence-corrected chi connectivity index (χ4v) is 3.58. The molecule has 0 aliphatic heterocycles. The van der Waals surface area contributed by atoms with E-state index in [1.54, 1.807) is 33.9 Å². The van der Waals surface area contributed by atoms with E-state index in [0.29, 0.717) is 28.4 Å². The molecule has 0 unspecified atom stereocenters. The maximum Gasteiger partial charge on any atom is 0.256 e. The monoisotopic (exact) mass is 409 g/mol. The molecule has 0 spiro atoms. The Morgan fingerprint density at radius 3 is 2.61 bits per heavy atom. The van der Waals surface area contributed by atoms with Gasteiger partial charge in [-0.25, -0.2) is 14.6 Å². The zero-order chi connectivity index (χ0) is 21.4. The third kappa shape index (κ3) is 3.44. The van der Waals surface area contributed by atoms with E-state index in [-0.39, 0.29) is 5.91 Å². The Kier molecular flexibility index (Phi) is 4.51. The summed E-state index contributed by atoms with van der Waals surface area (Å²) in [5.41, 5.74) is 4.17. The lowest BCUT2D eigenvalue weighted by Gasteiger charge is -2.10. The van der Waals surface area contributed by atoms with Crippen molar-refractivity contribution in [2.24, 2.45) is 7.05 Å². The number of aromatic nitrogens is 6. The molecule has 1 aromatic carbocycles. The van der Waals surface area contributed by atoms with Gasteiger partial charge in [0.05, 0.1) is 34.2 Å². The number of rotatable bonds is 4. The molecular formula is C23H19N7O. The van der Waals surface area contributed by atoms with E-state index in [2.05, 4.69) is 20.5 Å². The molecule has 0 atom stereocenters. The molecular weight excluding hydrogens is 390 g/mol. The molecule has 0 aliphatic rings. The first-order valence-electron chi connectivity index (χ1n) is 9.77. The average Bonchev–Trinajstić information content (AvgIpc) is 3.43. The lowest BCUT2D eigenvalue weighted by Crippen LogP contribution is -2.14. The molecule has 8 nitrogen and oxygen atoms in total. The number of amides is 1. The largest absolute Gasteiger partial charge is 0.321 e. The van der Waals surface area contributed by atoms with E-state index in [0.717, 1.165) is 16.6 Å². The van der Waals surface area contributed by atoms with Crippen LogP contribution in [0.15, 0.2) is 73.2 Å². The summed E-state index contributed by atoms with van der Waals surface area (Å²) in [5, 5.41) is 12.3. The normalized spacial score (nSPS) is 11.0. The van der Waals surface area contributed by atoms with Crippen molar-refractivity contribution >= 4 is 22.6 Å². The Morgan fingerprint density at radius 1 is 1.06 bits per heavy atom. The molecule has 4 heterocycles. The van der Waals surface area contributed by atoms with E-state index in [4.69, 9.17) is 4.98 Å². The van der Waals surface area contributed by atoms with Crippen molar-refractivity contribution in [3.05, 3.63) is 84.4 Å². The predicted molar refractivity (Wildman–Crippen MR) is 118 cm³/mol. The summed E-state index contributed by atoms with van der Waals surface area (Å²) in [5.74, 6) is 0.429. The van der Waals surface area contributed by atoms with Crippen molar-refractivity contribution in [1.82, 2.24) is 29.5 Å². The van der Waals surface area contributed by atoms with Crippen molar-refractivity contribution in [2.75, 3.05) is 5.32 Å². The number of nitrogens with one attached hydrogen (secondary N) is 1. The summed E-state index contributed by atoms with van der Waals surface area (Å²) >= 11 is 0. The van der Waals surface area contributed by atoms with E-state index in [1.807, 2.05) is 62.6 Å². The number of nitrogens with zero attached hydrogens (tertiary/aromatic N) is 6. The van der Waals surface area contributed by atoms with Gasteiger partial charge in [-0.15, -0.1) is 0 Å². The third-order valence-electron chi connectivity index (χ3n) is 5.03. The Hall–Kier alpha value is -4.33. The highest BCUT2D eigenvalue weighted by atomic mass is 16.1. The molecule has 152 valence electrons. The van der Waals surface area contributed by atoms with Gasteiger partial charge in [0, 0.05) is 25.0 Å². The van der Waals surface area contributed by atoms with Gasteiger partial charge in [0.15, 0.2) is 11.5 Å². The fourth-order valence-electron chi connectivity index (χ4n) is 3.58. The number of carbonyl (C=O) groups excluding carboxylic acids is 1. The van der Waals surface area contributed by atoms with Crippen LogP contribution in [0.25, 0.3) is 28.1 Å². The number of pyridine rings is 2. The van der Waals surface area contributed by atoms with Gasteiger partial charge in [-0.1, -0.05) is 30.3 Å². The molecule has 31 heavy (non-hydrogen) atoms. The molecule has 0 saturated carbocycles. The van der Waals surface area contributed by atoms with Crippen LogP contribution in [0.3, 0.4) is 0 Å². The lowest BCUT2D eigenvalue weighted by molar-refractivity contribution is 0.102. The molecule has 5 aromatic rings. The number of carbonyl (C=O) groups is 1. The Morgan fingerprint density at radius 2 is 1.90 bits per heavy atom. The Bertz CT molecular complexity index is 1370. The van der Waals surface area contributed by atoms with Crippen LogP contribution >= 0.6 is 0 Å². The van der Waals surface area contributed by atoms with E-state index in [1.165, 1.54) is 0 Å². The summed E-state index contributed by atoms with van der Waals surface area (Å²) in [6, 6.07) is 17.0. The quantitative estimate of drug-likeness (QED) is 0.488. The SMILES string of the molecule is Cc1nn(C)c2nc(-c3ccccc3)cc(C(=O)Nc3ccc(-n4cccn4)nc3)c12. The molecule has 8 heteroatoms. The van der Waals surface area contributed by atoms with E-state index < -0.39 is 0 Å². The zero-order valence-corrected chi connectivity index (χ0v) is 17.0. The van der Waals surface area contributed by atoms with Gasteiger partial charge in [-0.05, 0) is 31.2 Å². The number of hydrogen-bond donors (Lipinski definition) is 1. The standard InChI is InChI=1S/C23H19N7O/c1-15-21-18(13-19(16-7-4-3-5-8-16)27-22(21)29(2)28-15)23(31)26-17-9-10-20(24-14-17)30-12-6-11-25-30/h3-14H,1-2H3,(H,26,31). The highest BCUT2D eigenvalue weighted by Gasteiger charge is 2.19. The van der Waals surface area contributed by atoms with Gasteiger partial charge in [0.25, 0.3) is 5.91 Å². The van der Waals surface area contributed by atoms with Crippen LogP contribution in [0.1, 0.15) is 16.1 Å². The van der Waals surface area contributed by atoms with Gasteiger partial charge in [0.1, 0.15) is 0 Å². The number of hydrogen-bond acceptors (Lipinski definition) is 5. The molecule has 0 fully saturated rings. The van der Waals surface area contributed by atoms with Crippen LogP contribution < -0.4 is 5.32 Å². The molecule has 0 bridgehead atoms. The third-order valence-corrected chi connectivity index (χ3v) is 5.03. The summed E-state index contributed by atoms with van der Waals surface area (Å²) in [6.07, 6.45) is 5.11. The second kappa shape index (κ2) is 7.49. The summed E-state index contributed by atoms with van der Waals surface area (Å²) in [7, 11) is 1.83. The Labute approximate surface area is 178 Å². The lowest BCUT2D eigenvalue weighted by atomic mass is 10.0. The van der Waals surface area contributed by atoms with Crippen LogP contribution in [0, 0.1) is 6.92 Å². The average molecular weight is 409 g/mol. The molecule has 1 amide bonds. The second-order valence-electron chi connectivity index (χ2n) is 7.14. The number of aryl methyl sites for hydroxylation is 2. The van der Waals surface area contributed by atoms with E-state index in [9.17, 15) is 4.79 Å². The van der Waals surface area contributed by atoms with Gasteiger partial charge in [0.2, 0.25) is 0 Å². The predicted octanol–water partition coefficient (Wildman–Crippen LogP) is 3.78. The van der Waals surface area contributed by atoms with E-state index >= 15 is 0 Å². The molecule has 1 N–H and O–H groups in total. The zero-order valence-electron chi connectivity index (χ0n) is 17.0. The molecule has 0 aliphatic carbocycles. The number of benzene rings is 1. The highest BCUT2D eigenvalue weighted by molar-refractivity contribution is 6.13. The van der Waals surface area contributed by atoms with Crippen molar-refractivity contribution in [1.29, 1.82) is 0 Å². The first-order chi connectivity index (χ1) is 15.1. The molecule has 0 saturated heterocycles. The van der Waals surface area contributed by atoms with Crippen LogP contribution in [0.2, 0.25) is 0 Å². The summed E-state index contributed by atoms with van der Waals surface area (Å²) in [6.45, 7) is 1.88. The van der Waals surface area contributed by atoms with Crippen LogP contribution in [0.5, 0.6) is 0 Å². The van der Waals surface area contributed by atoms with Gasteiger partial charge in [-0.2, -0.15) is 10.2 Å². The van der Waals surface area contributed by atoms with Crippen molar-refractivity contribution in [3.63, 3.8) is 0 Å². The highest BCUT2D eigenvalue weighted by Crippen LogP contribution is 2.27. The minimum Gasteiger partial charge on any atom is -0.321 e.